The van der Waals surface area contributed by atoms with Crippen LogP contribution in [0, 0.1) is 0 Å². The van der Waals surface area contributed by atoms with Crippen LogP contribution in [-0.2, 0) is 27.4 Å². The van der Waals surface area contributed by atoms with Gasteiger partial charge in [-0.2, -0.15) is 4.68 Å². The highest BCUT2D eigenvalue weighted by Crippen LogP contribution is 2.32. The number of fused-ring (bicyclic) bond motifs is 1. The summed E-state index contributed by atoms with van der Waals surface area (Å²) in [7, 11) is 0. The molecule has 0 radical (unpaired) electrons. The molecule has 1 aromatic heterocycles. The molecule has 1 N–H and O–H groups in total. The SMILES string of the molecule is O=C(COC(=O)Cn1nc(-c2ccccc2)oc1=O)NCc1ccc2c(c1)OCO2. The fourth-order valence-corrected chi connectivity index (χ4v) is 2.72. The Morgan fingerprint density at radius 1 is 1.10 bits per heavy atom. The number of amides is 1. The average Bonchev–Trinajstić information content (AvgIpc) is 3.37. The van der Waals surface area contributed by atoms with Gasteiger partial charge in [-0.25, -0.2) is 4.79 Å². The van der Waals surface area contributed by atoms with E-state index in [2.05, 4.69) is 10.4 Å². The Balaban J connectivity index is 1.25. The number of carbonyl (C=O) groups excluding carboxylic acids is 2. The standard InChI is InChI=1S/C20H17N3O7/c24-17(21-9-13-6-7-15-16(8-13)29-12-28-15)11-27-18(25)10-23-20(26)30-19(22-23)14-4-2-1-3-5-14/h1-8H,9-12H2,(H,21,24). The number of nitrogens with one attached hydrogen (secondary N) is 1. The second kappa shape index (κ2) is 8.52. The van der Waals surface area contributed by atoms with Crippen LogP contribution in [0.1, 0.15) is 5.56 Å². The molecule has 1 aliphatic heterocycles. The largest absolute Gasteiger partial charge is 0.454 e. The van der Waals surface area contributed by atoms with Crippen molar-refractivity contribution in [1.29, 1.82) is 0 Å². The molecule has 0 atom stereocenters. The summed E-state index contributed by atoms with van der Waals surface area (Å²) < 4.78 is 21.3. The van der Waals surface area contributed by atoms with Gasteiger partial charge >= 0.3 is 11.7 Å². The molecule has 1 aliphatic rings. The van der Waals surface area contributed by atoms with Gasteiger partial charge < -0.3 is 23.9 Å². The van der Waals surface area contributed by atoms with E-state index in [0.29, 0.717) is 17.1 Å². The number of nitrogens with zero attached hydrogens (tertiary/aromatic N) is 2. The number of hydrogen-bond donors (Lipinski definition) is 1. The summed E-state index contributed by atoms with van der Waals surface area (Å²) in [5, 5.41) is 6.60. The topological polar surface area (TPSA) is 122 Å². The number of carbonyl (C=O) groups is 2. The summed E-state index contributed by atoms with van der Waals surface area (Å²) in [5.74, 6) is -0.715. The van der Waals surface area contributed by atoms with Gasteiger partial charge in [-0.15, -0.1) is 5.10 Å². The zero-order valence-corrected chi connectivity index (χ0v) is 15.7. The lowest BCUT2D eigenvalue weighted by molar-refractivity contribution is -0.149. The normalized spacial score (nSPS) is 11.9. The van der Waals surface area contributed by atoms with Crippen LogP contribution in [0.25, 0.3) is 11.5 Å². The molecule has 0 unspecified atom stereocenters. The first-order chi connectivity index (χ1) is 14.6. The number of hydrogen-bond acceptors (Lipinski definition) is 8. The van der Waals surface area contributed by atoms with E-state index in [0.717, 1.165) is 10.2 Å². The molecule has 0 saturated heterocycles. The summed E-state index contributed by atoms with van der Waals surface area (Å²) in [5.41, 5.74) is 1.41. The van der Waals surface area contributed by atoms with Crippen LogP contribution in [0.4, 0.5) is 0 Å². The monoisotopic (exact) mass is 411 g/mol. The van der Waals surface area contributed by atoms with Crippen molar-refractivity contribution in [2.75, 3.05) is 13.4 Å². The highest BCUT2D eigenvalue weighted by molar-refractivity contribution is 5.80. The zero-order valence-electron chi connectivity index (χ0n) is 15.7. The Morgan fingerprint density at radius 3 is 2.73 bits per heavy atom. The minimum atomic E-state index is -0.793. The first-order valence-corrected chi connectivity index (χ1v) is 9.03. The van der Waals surface area contributed by atoms with Crippen LogP contribution in [0.15, 0.2) is 57.7 Å². The van der Waals surface area contributed by atoms with E-state index in [1.807, 2.05) is 6.07 Å². The molecule has 30 heavy (non-hydrogen) atoms. The Kier molecular flexibility index (Phi) is 5.46. The summed E-state index contributed by atoms with van der Waals surface area (Å²) >= 11 is 0. The lowest BCUT2D eigenvalue weighted by Crippen LogP contribution is -2.30. The van der Waals surface area contributed by atoms with Crippen LogP contribution in [0.2, 0.25) is 0 Å². The fourth-order valence-electron chi connectivity index (χ4n) is 2.72. The van der Waals surface area contributed by atoms with Crippen LogP contribution in [0.5, 0.6) is 11.5 Å². The maximum atomic E-state index is 11.9. The first kappa shape index (κ1) is 19.2. The van der Waals surface area contributed by atoms with Crippen LogP contribution < -0.4 is 20.5 Å². The van der Waals surface area contributed by atoms with Crippen molar-refractivity contribution in [1.82, 2.24) is 15.1 Å². The van der Waals surface area contributed by atoms with Crippen molar-refractivity contribution in [3.8, 4) is 23.0 Å². The minimum Gasteiger partial charge on any atom is -0.454 e. The van der Waals surface area contributed by atoms with Gasteiger partial charge in [0.2, 0.25) is 12.7 Å². The molecule has 4 rings (SSSR count). The van der Waals surface area contributed by atoms with Gasteiger partial charge in [-0.3, -0.25) is 9.59 Å². The van der Waals surface area contributed by atoms with E-state index in [1.54, 1.807) is 42.5 Å². The van der Waals surface area contributed by atoms with Gasteiger partial charge in [-0.1, -0.05) is 24.3 Å². The zero-order chi connectivity index (χ0) is 20.9. The molecule has 154 valence electrons. The minimum absolute atomic E-state index is 0.0925. The summed E-state index contributed by atoms with van der Waals surface area (Å²) in [4.78, 5) is 35.7. The molecular weight excluding hydrogens is 394 g/mol. The van der Waals surface area contributed by atoms with Gasteiger partial charge in [0.05, 0.1) is 0 Å². The van der Waals surface area contributed by atoms with Crippen molar-refractivity contribution in [3.63, 3.8) is 0 Å². The van der Waals surface area contributed by atoms with Gasteiger partial charge in [0.1, 0.15) is 6.54 Å². The molecule has 3 aromatic rings. The molecule has 0 bridgehead atoms. The lowest BCUT2D eigenvalue weighted by atomic mass is 10.2. The van der Waals surface area contributed by atoms with Crippen molar-refractivity contribution >= 4 is 11.9 Å². The number of rotatable bonds is 7. The highest BCUT2D eigenvalue weighted by Gasteiger charge is 2.16. The Bertz CT molecular complexity index is 1120. The van der Waals surface area contributed by atoms with Crippen molar-refractivity contribution < 1.29 is 28.2 Å². The second-order valence-corrected chi connectivity index (χ2v) is 6.32. The van der Waals surface area contributed by atoms with E-state index in [1.165, 1.54) is 0 Å². The van der Waals surface area contributed by atoms with E-state index in [9.17, 15) is 14.4 Å². The highest BCUT2D eigenvalue weighted by atomic mass is 16.7. The molecule has 2 aromatic carbocycles. The van der Waals surface area contributed by atoms with Crippen LogP contribution in [0.3, 0.4) is 0 Å². The molecule has 2 heterocycles. The molecule has 0 spiro atoms. The van der Waals surface area contributed by atoms with Gasteiger partial charge in [0, 0.05) is 12.1 Å². The Labute approximate surface area is 170 Å². The average molecular weight is 411 g/mol. The molecule has 0 fully saturated rings. The predicted octanol–water partition coefficient (Wildman–Crippen LogP) is 1.09. The predicted molar refractivity (Wildman–Crippen MR) is 102 cm³/mol. The van der Waals surface area contributed by atoms with E-state index >= 15 is 0 Å². The quantitative estimate of drug-likeness (QED) is 0.574. The molecule has 10 heteroatoms. The lowest BCUT2D eigenvalue weighted by Gasteiger charge is -2.07. The van der Waals surface area contributed by atoms with Crippen molar-refractivity contribution in [2.24, 2.45) is 0 Å². The van der Waals surface area contributed by atoms with Crippen LogP contribution in [-0.4, -0.2) is 35.1 Å². The summed E-state index contributed by atoms with van der Waals surface area (Å²) in [6.07, 6.45) is 0. The van der Waals surface area contributed by atoms with Crippen molar-refractivity contribution in [3.05, 3.63) is 64.6 Å². The fraction of sp³-hybridized carbons (Fsp3) is 0.200. The molecule has 1 amide bonds. The third kappa shape index (κ3) is 4.49. The maximum Gasteiger partial charge on any atom is 0.437 e. The number of benzene rings is 2. The summed E-state index contributed by atoms with van der Waals surface area (Å²) in [6.45, 7) is -0.551. The van der Waals surface area contributed by atoms with Crippen molar-refractivity contribution in [2.45, 2.75) is 13.1 Å². The Hall–Kier alpha value is -4.08. The third-order valence-electron chi connectivity index (χ3n) is 4.20. The molecule has 10 nitrogen and oxygen atoms in total. The maximum absolute atomic E-state index is 11.9. The number of esters is 1. The third-order valence-corrected chi connectivity index (χ3v) is 4.20. The second-order valence-electron chi connectivity index (χ2n) is 6.32. The molecule has 0 saturated carbocycles. The Morgan fingerprint density at radius 2 is 1.90 bits per heavy atom. The first-order valence-electron chi connectivity index (χ1n) is 9.03. The number of ether oxygens (including phenoxy) is 3. The van der Waals surface area contributed by atoms with Crippen LogP contribution >= 0.6 is 0 Å². The van der Waals surface area contributed by atoms with Gasteiger partial charge in [0.25, 0.3) is 5.91 Å². The van der Waals surface area contributed by atoms with E-state index < -0.39 is 30.8 Å². The molecule has 0 aliphatic carbocycles. The van der Waals surface area contributed by atoms with E-state index in [4.69, 9.17) is 18.6 Å². The smallest absolute Gasteiger partial charge is 0.437 e. The number of aromatic nitrogens is 2. The molecular formula is C20H17N3O7. The van der Waals surface area contributed by atoms with Gasteiger partial charge in [0.15, 0.2) is 18.1 Å². The van der Waals surface area contributed by atoms with Gasteiger partial charge in [-0.05, 0) is 29.8 Å². The van der Waals surface area contributed by atoms with E-state index in [-0.39, 0.29) is 19.2 Å². The summed E-state index contributed by atoms with van der Waals surface area (Å²) in [6, 6.07) is 14.1.